The van der Waals surface area contributed by atoms with Gasteiger partial charge in [-0.05, 0) is 35.9 Å². The van der Waals surface area contributed by atoms with Gasteiger partial charge in [0, 0.05) is 37.1 Å². The van der Waals surface area contributed by atoms with E-state index in [-0.39, 0.29) is 5.91 Å². The lowest BCUT2D eigenvalue weighted by atomic mass is 10.1. The fourth-order valence-corrected chi connectivity index (χ4v) is 2.23. The van der Waals surface area contributed by atoms with Crippen molar-refractivity contribution >= 4 is 5.91 Å². The van der Waals surface area contributed by atoms with Gasteiger partial charge in [-0.2, -0.15) is 10.4 Å². The summed E-state index contributed by atoms with van der Waals surface area (Å²) in [6.07, 6.45) is 5.39. The van der Waals surface area contributed by atoms with Gasteiger partial charge in [-0.15, -0.1) is 0 Å². The van der Waals surface area contributed by atoms with Gasteiger partial charge in [0.05, 0.1) is 23.5 Å². The van der Waals surface area contributed by atoms with Gasteiger partial charge in [0.15, 0.2) is 0 Å². The molecule has 0 atom stereocenters. The maximum Gasteiger partial charge on any atom is 0.251 e. The Balaban J connectivity index is 1.62. The number of carbonyl (C=O) groups is 1. The lowest BCUT2D eigenvalue weighted by Crippen LogP contribution is -2.22. The summed E-state index contributed by atoms with van der Waals surface area (Å²) >= 11 is 0. The molecule has 0 aliphatic rings. The van der Waals surface area contributed by atoms with Crippen molar-refractivity contribution in [2.45, 2.75) is 6.54 Å². The summed E-state index contributed by atoms with van der Waals surface area (Å²) in [7, 11) is 1.86. The first-order chi connectivity index (χ1) is 11.7. The van der Waals surface area contributed by atoms with Gasteiger partial charge >= 0.3 is 0 Å². The van der Waals surface area contributed by atoms with E-state index in [2.05, 4.69) is 15.4 Å². The van der Waals surface area contributed by atoms with Crippen molar-refractivity contribution in [1.82, 2.24) is 20.1 Å². The third-order valence-corrected chi connectivity index (χ3v) is 3.55. The molecule has 0 unspecified atom stereocenters. The molecule has 0 aliphatic heterocycles. The highest BCUT2D eigenvalue weighted by Gasteiger charge is 2.06. The van der Waals surface area contributed by atoms with Crippen molar-refractivity contribution in [3.05, 3.63) is 71.7 Å². The zero-order valence-electron chi connectivity index (χ0n) is 13.1. The van der Waals surface area contributed by atoms with E-state index in [1.807, 2.05) is 31.4 Å². The molecule has 1 N–H and O–H groups in total. The highest BCUT2D eigenvalue weighted by atomic mass is 16.1. The topological polar surface area (TPSA) is 83.6 Å². The summed E-state index contributed by atoms with van der Waals surface area (Å²) in [6.45, 7) is 0.388. The van der Waals surface area contributed by atoms with Crippen molar-refractivity contribution in [2.24, 2.45) is 7.05 Å². The molecule has 118 valence electrons. The number of aromatic nitrogens is 3. The van der Waals surface area contributed by atoms with E-state index in [0.29, 0.717) is 17.7 Å². The first kappa shape index (κ1) is 15.4. The Labute approximate surface area is 139 Å². The molecule has 0 radical (unpaired) electrons. The second-order valence-electron chi connectivity index (χ2n) is 5.33. The molecular formula is C18H15N5O. The molecule has 0 fully saturated rings. The number of nitriles is 1. The number of hydrogen-bond acceptors (Lipinski definition) is 4. The summed E-state index contributed by atoms with van der Waals surface area (Å²) in [5, 5.41) is 15.7. The quantitative estimate of drug-likeness (QED) is 0.800. The summed E-state index contributed by atoms with van der Waals surface area (Å²) in [6, 6.07) is 12.4. The van der Waals surface area contributed by atoms with Crippen LogP contribution in [0.3, 0.4) is 0 Å². The Morgan fingerprint density at radius 1 is 1.21 bits per heavy atom. The number of benzene rings is 1. The summed E-state index contributed by atoms with van der Waals surface area (Å²) in [4.78, 5) is 16.5. The summed E-state index contributed by atoms with van der Waals surface area (Å²) < 4.78 is 1.72. The minimum Gasteiger partial charge on any atom is -0.348 e. The molecule has 2 aromatic heterocycles. The molecule has 3 rings (SSSR count). The number of pyridine rings is 1. The van der Waals surface area contributed by atoms with E-state index in [0.717, 1.165) is 16.8 Å². The predicted octanol–water partition coefficient (Wildman–Crippen LogP) is 2.28. The van der Waals surface area contributed by atoms with E-state index >= 15 is 0 Å². The maximum absolute atomic E-state index is 12.1. The first-order valence-electron chi connectivity index (χ1n) is 7.38. The number of rotatable bonds is 4. The molecule has 6 heteroatoms. The Morgan fingerprint density at radius 3 is 2.58 bits per heavy atom. The third-order valence-electron chi connectivity index (χ3n) is 3.55. The van der Waals surface area contributed by atoms with Gasteiger partial charge in [0.25, 0.3) is 5.91 Å². The molecular weight excluding hydrogens is 302 g/mol. The van der Waals surface area contributed by atoms with Crippen molar-refractivity contribution in [3.8, 4) is 17.3 Å². The molecule has 0 aliphatic carbocycles. The number of carbonyl (C=O) groups excluding carboxylic acids is 1. The van der Waals surface area contributed by atoms with Crippen LogP contribution in [0, 0.1) is 11.3 Å². The molecule has 6 nitrogen and oxygen atoms in total. The molecule has 1 aromatic carbocycles. The maximum atomic E-state index is 12.1. The van der Waals surface area contributed by atoms with Gasteiger partial charge in [0.2, 0.25) is 0 Å². The van der Waals surface area contributed by atoms with Crippen LogP contribution in [-0.2, 0) is 13.6 Å². The lowest BCUT2D eigenvalue weighted by Gasteiger charge is -2.06. The van der Waals surface area contributed by atoms with E-state index in [4.69, 9.17) is 5.26 Å². The largest absolute Gasteiger partial charge is 0.348 e. The number of nitrogens with one attached hydrogen (secondary N) is 1. The van der Waals surface area contributed by atoms with E-state index < -0.39 is 0 Å². The van der Waals surface area contributed by atoms with E-state index in [1.165, 1.54) is 0 Å². The molecule has 0 spiro atoms. The minimum absolute atomic E-state index is 0.184. The van der Waals surface area contributed by atoms with Crippen molar-refractivity contribution < 1.29 is 4.79 Å². The van der Waals surface area contributed by atoms with E-state index in [1.54, 1.807) is 41.3 Å². The van der Waals surface area contributed by atoms with Crippen LogP contribution < -0.4 is 5.32 Å². The average Bonchev–Trinajstić information content (AvgIpc) is 3.06. The van der Waals surface area contributed by atoms with Crippen molar-refractivity contribution in [3.63, 3.8) is 0 Å². The molecule has 3 aromatic rings. The highest BCUT2D eigenvalue weighted by Crippen LogP contribution is 2.15. The number of aryl methyl sites for hydroxylation is 1. The Bertz CT molecular complexity index is 888. The van der Waals surface area contributed by atoms with Crippen LogP contribution in [0.15, 0.2) is 55.0 Å². The second kappa shape index (κ2) is 6.75. The van der Waals surface area contributed by atoms with Crippen LogP contribution >= 0.6 is 0 Å². The van der Waals surface area contributed by atoms with Crippen molar-refractivity contribution in [2.75, 3.05) is 0 Å². The zero-order chi connectivity index (χ0) is 16.9. The number of amides is 1. The second-order valence-corrected chi connectivity index (χ2v) is 5.33. The van der Waals surface area contributed by atoms with E-state index in [9.17, 15) is 4.79 Å². The fourth-order valence-electron chi connectivity index (χ4n) is 2.23. The van der Waals surface area contributed by atoms with Crippen LogP contribution in [0.5, 0.6) is 0 Å². The average molecular weight is 317 g/mol. The molecule has 1 amide bonds. The summed E-state index contributed by atoms with van der Waals surface area (Å²) in [5.41, 5.74) is 3.75. The molecule has 0 bridgehead atoms. The molecule has 2 heterocycles. The van der Waals surface area contributed by atoms with Crippen LogP contribution in [0.2, 0.25) is 0 Å². The Hall–Kier alpha value is -3.46. The number of nitrogens with zero attached hydrogens (tertiary/aromatic N) is 4. The molecule has 24 heavy (non-hydrogen) atoms. The molecule has 0 saturated carbocycles. The standard InChI is InChI=1S/C18H15N5O/c1-23-12-16(11-22-23)17-7-4-14(9-20-17)10-21-18(24)15-5-2-13(8-19)3-6-15/h2-7,9,11-12H,10H2,1H3,(H,21,24). The first-order valence-corrected chi connectivity index (χ1v) is 7.38. The number of hydrogen-bond donors (Lipinski definition) is 1. The summed E-state index contributed by atoms with van der Waals surface area (Å²) in [5.74, 6) is -0.184. The third kappa shape index (κ3) is 3.47. The van der Waals surface area contributed by atoms with Crippen LogP contribution in [0.25, 0.3) is 11.3 Å². The minimum atomic E-state index is -0.184. The highest BCUT2D eigenvalue weighted by molar-refractivity contribution is 5.94. The van der Waals surface area contributed by atoms with Gasteiger partial charge in [-0.1, -0.05) is 6.07 Å². The fraction of sp³-hybridized carbons (Fsp3) is 0.111. The van der Waals surface area contributed by atoms with Gasteiger partial charge in [-0.3, -0.25) is 14.5 Å². The Morgan fingerprint density at radius 2 is 2.00 bits per heavy atom. The molecule has 0 saturated heterocycles. The zero-order valence-corrected chi connectivity index (χ0v) is 13.1. The van der Waals surface area contributed by atoms with Crippen LogP contribution in [-0.4, -0.2) is 20.7 Å². The van der Waals surface area contributed by atoms with Crippen molar-refractivity contribution in [1.29, 1.82) is 5.26 Å². The monoisotopic (exact) mass is 317 g/mol. The van der Waals surface area contributed by atoms with Crippen LogP contribution in [0.1, 0.15) is 21.5 Å². The SMILES string of the molecule is Cn1cc(-c2ccc(CNC(=O)c3ccc(C#N)cc3)cn2)cn1. The van der Waals surface area contributed by atoms with Gasteiger partial charge < -0.3 is 5.32 Å². The van der Waals surface area contributed by atoms with Gasteiger partial charge in [-0.25, -0.2) is 0 Å². The smallest absolute Gasteiger partial charge is 0.251 e. The Kier molecular flexibility index (Phi) is 4.34. The normalized spacial score (nSPS) is 10.2. The lowest BCUT2D eigenvalue weighted by molar-refractivity contribution is 0.0951. The van der Waals surface area contributed by atoms with Crippen LogP contribution in [0.4, 0.5) is 0 Å². The predicted molar refractivity (Wildman–Crippen MR) is 88.8 cm³/mol. The van der Waals surface area contributed by atoms with Gasteiger partial charge in [0.1, 0.15) is 0 Å².